The van der Waals surface area contributed by atoms with Gasteiger partial charge in [-0.3, -0.25) is 4.99 Å². The van der Waals surface area contributed by atoms with Gasteiger partial charge in [-0.25, -0.2) is 4.79 Å². The van der Waals surface area contributed by atoms with Crippen LogP contribution in [0.4, 0.5) is 10.5 Å². The second-order valence-electron chi connectivity index (χ2n) is 8.00. The largest absolute Gasteiger partial charge is 0.444 e. The van der Waals surface area contributed by atoms with Gasteiger partial charge in [0.1, 0.15) is 5.60 Å². The molecule has 4 nitrogen and oxygen atoms in total. The molecule has 5 heteroatoms. The minimum atomic E-state index is -0.511. The summed E-state index contributed by atoms with van der Waals surface area (Å²) < 4.78 is 6.61. The molecule has 0 aromatic heterocycles. The summed E-state index contributed by atoms with van der Waals surface area (Å²) in [5, 5.41) is 3.01. The van der Waals surface area contributed by atoms with Crippen molar-refractivity contribution in [2.75, 3.05) is 0 Å². The predicted molar refractivity (Wildman–Crippen MR) is 103 cm³/mol. The lowest BCUT2D eigenvalue weighted by Crippen LogP contribution is -2.50. The normalized spacial score (nSPS) is 15.7. The number of amides is 1. The van der Waals surface area contributed by atoms with Crippen LogP contribution in [-0.2, 0) is 11.2 Å². The fourth-order valence-electron chi connectivity index (χ4n) is 2.59. The highest BCUT2D eigenvalue weighted by atomic mass is 127. The van der Waals surface area contributed by atoms with Crippen molar-refractivity contribution in [2.24, 2.45) is 10.4 Å². The van der Waals surface area contributed by atoms with E-state index in [1.807, 2.05) is 26.8 Å². The van der Waals surface area contributed by atoms with Crippen molar-refractivity contribution < 1.29 is 9.53 Å². The molecule has 0 saturated carbocycles. The topological polar surface area (TPSA) is 50.7 Å². The molecule has 1 aliphatic heterocycles. The smallest absolute Gasteiger partial charge is 0.408 e. The number of nitrogens with zero attached hydrogens (tertiary/aromatic N) is 1. The third-order valence-corrected chi connectivity index (χ3v) is 4.21. The lowest BCUT2D eigenvalue weighted by Gasteiger charge is -2.32. The number of hydrogen-bond donors (Lipinski definition) is 1. The summed E-state index contributed by atoms with van der Waals surface area (Å²) >= 11 is 2.31. The summed E-state index contributed by atoms with van der Waals surface area (Å²) in [6.45, 7) is 11.9. The molecule has 0 bridgehead atoms. The summed E-state index contributed by atoms with van der Waals surface area (Å²) in [6.07, 6.45) is 0.370. The summed E-state index contributed by atoms with van der Waals surface area (Å²) in [5.41, 5.74) is 2.54. The van der Waals surface area contributed by atoms with Crippen LogP contribution in [0.1, 0.15) is 47.1 Å². The van der Waals surface area contributed by atoms with Gasteiger partial charge in [0.2, 0.25) is 0 Å². The number of rotatable bonds is 2. The molecule has 0 radical (unpaired) electrons. The van der Waals surface area contributed by atoms with Crippen LogP contribution in [0, 0.1) is 8.99 Å². The van der Waals surface area contributed by atoms with Crippen molar-refractivity contribution in [1.82, 2.24) is 5.32 Å². The van der Waals surface area contributed by atoms with E-state index in [-0.39, 0.29) is 11.5 Å². The van der Waals surface area contributed by atoms with Gasteiger partial charge in [-0.1, -0.05) is 20.8 Å². The zero-order chi connectivity index (χ0) is 17.4. The van der Waals surface area contributed by atoms with Gasteiger partial charge in [-0.05, 0) is 72.5 Å². The van der Waals surface area contributed by atoms with E-state index in [4.69, 9.17) is 9.73 Å². The van der Waals surface area contributed by atoms with Crippen molar-refractivity contribution in [2.45, 2.75) is 59.6 Å². The second-order valence-corrected chi connectivity index (χ2v) is 9.24. The van der Waals surface area contributed by atoms with E-state index in [1.165, 1.54) is 9.13 Å². The third kappa shape index (κ3) is 4.93. The molecule has 1 aliphatic rings. The lowest BCUT2D eigenvalue weighted by atomic mass is 9.82. The maximum atomic E-state index is 12.2. The van der Waals surface area contributed by atoms with Crippen molar-refractivity contribution in [3.8, 4) is 0 Å². The predicted octanol–water partition coefficient (Wildman–Crippen LogP) is 4.86. The highest BCUT2D eigenvalue weighted by molar-refractivity contribution is 14.1. The molecular formula is C18H25IN2O2. The molecule has 2 rings (SSSR count). The van der Waals surface area contributed by atoms with E-state index < -0.39 is 11.7 Å². The molecule has 0 fully saturated rings. The first-order valence-corrected chi connectivity index (χ1v) is 8.89. The number of fused-ring (bicyclic) bond motifs is 1. The monoisotopic (exact) mass is 428 g/mol. The number of carbonyl (C=O) groups excluding carboxylic acids is 1. The minimum Gasteiger partial charge on any atom is -0.444 e. The molecule has 0 unspecified atom stereocenters. The highest BCUT2D eigenvalue weighted by Gasteiger charge is 2.34. The van der Waals surface area contributed by atoms with Crippen LogP contribution < -0.4 is 5.32 Å². The van der Waals surface area contributed by atoms with Gasteiger partial charge in [-0.15, -0.1) is 0 Å². The Kier molecular flexibility index (Phi) is 5.09. The van der Waals surface area contributed by atoms with Gasteiger partial charge in [0.05, 0.1) is 11.7 Å². The number of ether oxygens (including phenoxy) is 1. The Morgan fingerprint density at radius 2 is 1.91 bits per heavy atom. The first-order valence-electron chi connectivity index (χ1n) is 7.81. The summed E-state index contributed by atoms with van der Waals surface area (Å²) in [4.78, 5) is 17.0. The van der Waals surface area contributed by atoms with Gasteiger partial charge in [0.25, 0.3) is 0 Å². The highest BCUT2D eigenvalue weighted by Crippen LogP contribution is 2.32. The van der Waals surface area contributed by atoms with Crippen LogP contribution in [0.5, 0.6) is 0 Å². The van der Waals surface area contributed by atoms with E-state index in [0.717, 1.165) is 17.8 Å². The fourth-order valence-corrected chi connectivity index (χ4v) is 3.14. The summed E-state index contributed by atoms with van der Waals surface area (Å²) in [6, 6.07) is 6.08. The maximum absolute atomic E-state index is 12.2. The SMILES string of the molecule is CC(C)(C)OC(=O)N[C@H](C1=Nc2ccc(I)cc2C1)C(C)(C)C. The Hall–Kier alpha value is -1.11. The molecule has 1 aromatic carbocycles. The van der Waals surface area contributed by atoms with E-state index in [9.17, 15) is 4.79 Å². The Balaban J connectivity index is 2.20. The Bertz CT molecular complexity index is 639. The average molecular weight is 428 g/mol. The van der Waals surface area contributed by atoms with E-state index in [1.54, 1.807) is 0 Å². The molecule has 1 N–H and O–H groups in total. The second kappa shape index (κ2) is 6.42. The van der Waals surface area contributed by atoms with Gasteiger partial charge in [0, 0.05) is 15.7 Å². The van der Waals surface area contributed by atoms with Crippen LogP contribution in [0.15, 0.2) is 23.2 Å². The average Bonchev–Trinajstić information content (AvgIpc) is 2.74. The molecule has 0 spiro atoms. The van der Waals surface area contributed by atoms with Crippen LogP contribution in [0.2, 0.25) is 0 Å². The summed E-state index contributed by atoms with van der Waals surface area (Å²) in [7, 11) is 0. The number of halogens is 1. The number of carbonyl (C=O) groups is 1. The zero-order valence-electron chi connectivity index (χ0n) is 14.7. The number of hydrogen-bond acceptors (Lipinski definition) is 3. The number of aliphatic imine (C=N–C) groups is 1. The quantitative estimate of drug-likeness (QED) is 0.685. The summed E-state index contributed by atoms with van der Waals surface area (Å²) in [5.74, 6) is 0. The Morgan fingerprint density at radius 1 is 1.26 bits per heavy atom. The third-order valence-electron chi connectivity index (χ3n) is 3.54. The van der Waals surface area contributed by atoms with Crippen molar-refractivity contribution in [3.63, 3.8) is 0 Å². The molecule has 1 heterocycles. The van der Waals surface area contributed by atoms with Crippen LogP contribution in [-0.4, -0.2) is 23.4 Å². The van der Waals surface area contributed by atoms with Crippen molar-refractivity contribution in [3.05, 3.63) is 27.3 Å². The Morgan fingerprint density at radius 3 is 2.48 bits per heavy atom. The van der Waals surface area contributed by atoms with E-state index in [2.05, 4.69) is 60.8 Å². The first kappa shape index (κ1) is 18.2. The number of benzene rings is 1. The lowest BCUT2D eigenvalue weighted by molar-refractivity contribution is 0.0491. The molecule has 126 valence electrons. The van der Waals surface area contributed by atoms with Gasteiger partial charge < -0.3 is 10.1 Å². The first-order chi connectivity index (χ1) is 10.5. The van der Waals surface area contributed by atoms with E-state index >= 15 is 0 Å². The van der Waals surface area contributed by atoms with E-state index in [0.29, 0.717) is 0 Å². The molecular weight excluding hydrogens is 403 g/mol. The molecule has 1 atom stereocenters. The van der Waals surface area contributed by atoms with Crippen LogP contribution in [0.3, 0.4) is 0 Å². The molecule has 1 amide bonds. The van der Waals surface area contributed by atoms with Gasteiger partial charge in [-0.2, -0.15) is 0 Å². The molecule has 23 heavy (non-hydrogen) atoms. The zero-order valence-corrected chi connectivity index (χ0v) is 16.8. The fraction of sp³-hybridized carbons (Fsp3) is 0.556. The van der Waals surface area contributed by atoms with Crippen molar-refractivity contribution >= 4 is 40.1 Å². The van der Waals surface area contributed by atoms with Gasteiger partial charge >= 0.3 is 6.09 Å². The van der Waals surface area contributed by atoms with Crippen LogP contribution >= 0.6 is 22.6 Å². The Labute approximate surface area is 152 Å². The van der Waals surface area contributed by atoms with Crippen LogP contribution in [0.25, 0.3) is 0 Å². The number of nitrogens with one attached hydrogen (secondary N) is 1. The standard InChI is InChI=1S/C18H25IN2O2/c1-17(2,3)15(21-16(22)23-18(4,5)6)14-10-11-9-12(19)7-8-13(11)20-14/h7-9,15H,10H2,1-6H3,(H,21,22)/t15-/m1/s1. The minimum absolute atomic E-state index is 0.148. The number of alkyl carbamates (subject to hydrolysis) is 1. The van der Waals surface area contributed by atoms with Crippen molar-refractivity contribution in [1.29, 1.82) is 0 Å². The molecule has 1 aromatic rings. The molecule has 0 saturated heterocycles. The molecule has 0 aliphatic carbocycles. The van der Waals surface area contributed by atoms with Gasteiger partial charge in [0.15, 0.2) is 0 Å². The maximum Gasteiger partial charge on any atom is 0.408 e.